The van der Waals surface area contributed by atoms with E-state index in [0.29, 0.717) is 11.4 Å². The molecule has 1 amide bonds. The van der Waals surface area contributed by atoms with Crippen LogP contribution in [0.1, 0.15) is 12.5 Å². The number of nitrogens with one attached hydrogen (secondary N) is 1. The Balaban J connectivity index is 1.58. The van der Waals surface area contributed by atoms with Gasteiger partial charge in [0.25, 0.3) is 0 Å². The molecule has 3 aromatic carbocycles. The summed E-state index contributed by atoms with van der Waals surface area (Å²) in [7, 11) is -3.63. The second-order valence-corrected chi connectivity index (χ2v) is 9.08. The van der Waals surface area contributed by atoms with E-state index >= 15 is 0 Å². The molecule has 158 valence electrons. The van der Waals surface area contributed by atoms with Gasteiger partial charge in [-0.05, 0) is 48.9 Å². The van der Waals surface area contributed by atoms with Crippen LogP contribution in [0.2, 0.25) is 0 Å². The predicted molar refractivity (Wildman–Crippen MR) is 120 cm³/mol. The number of hydrogen-bond donors (Lipinski definition) is 1. The molecule has 0 aliphatic carbocycles. The fraction of sp³-hybridized carbons (Fsp3) is 0.261. The third-order valence-electron chi connectivity index (χ3n) is 4.77. The highest BCUT2D eigenvalue weighted by Gasteiger charge is 2.28. The average molecular weight is 427 g/mol. The first kappa shape index (κ1) is 21.6. The average Bonchev–Trinajstić information content (AvgIpc) is 2.71. The van der Waals surface area contributed by atoms with E-state index in [9.17, 15) is 13.2 Å². The first-order valence-electron chi connectivity index (χ1n) is 9.71. The van der Waals surface area contributed by atoms with Crippen molar-refractivity contribution in [3.05, 3.63) is 72.3 Å². The lowest BCUT2D eigenvalue weighted by Gasteiger charge is -2.28. The second-order valence-electron chi connectivity index (χ2n) is 7.22. The fourth-order valence-corrected chi connectivity index (χ4v) is 4.42. The van der Waals surface area contributed by atoms with Gasteiger partial charge >= 0.3 is 0 Å². The molecular weight excluding hydrogens is 400 g/mol. The minimum absolute atomic E-state index is 0.265. The highest BCUT2D eigenvalue weighted by Crippen LogP contribution is 2.22. The SMILES string of the molecule is Cc1ccc(N(C(C)C(=O)NCCOc2ccc3ccccc3c2)S(C)(=O)=O)cc1. The van der Waals surface area contributed by atoms with Gasteiger partial charge in [0.1, 0.15) is 18.4 Å². The monoisotopic (exact) mass is 426 g/mol. The first-order chi connectivity index (χ1) is 14.3. The van der Waals surface area contributed by atoms with Crippen LogP contribution in [0.25, 0.3) is 10.8 Å². The summed E-state index contributed by atoms with van der Waals surface area (Å²) in [5, 5.41) is 4.96. The van der Waals surface area contributed by atoms with E-state index in [1.807, 2.05) is 61.5 Å². The molecule has 0 aliphatic heterocycles. The van der Waals surface area contributed by atoms with Gasteiger partial charge in [0.15, 0.2) is 0 Å². The molecule has 0 spiro atoms. The molecule has 0 heterocycles. The highest BCUT2D eigenvalue weighted by molar-refractivity contribution is 7.92. The van der Waals surface area contributed by atoms with E-state index in [2.05, 4.69) is 5.32 Å². The Labute approximate surface area is 177 Å². The number of rotatable bonds is 8. The Morgan fingerprint density at radius 2 is 1.70 bits per heavy atom. The van der Waals surface area contributed by atoms with Crippen molar-refractivity contribution in [3.63, 3.8) is 0 Å². The maximum atomic E-state index is 12.6. The van der Waals surface area contributed by atoms with Gasteiger partial charge < -0.3 is 10.1 Å². The summed E-state index contributed by atoms with van der Waals surface area (Å²) in [5.74, 6) is 0.330. The smallest absolute Gasteiger partial charge is 0.243 e. The molecule has 0 bridgehead atoms. The van der Waals surface area contributed by atoms with E-state index < -0.39 is 16.1 Å². The number of fused-ring (bicyclic) bond motifs is 1. The molecule has 30 heavy (non-hydrogen) atoms. The Morgan fingerprint density at radius 1 is 1.03 bits per heavy atom. The fourth-order valence-electron chi connectivity index (χ4n) is 3.25. The number of carbonyl (C=O) groups is 1. The summed E-state index contributed by atoms with van der Waals surface area (Å²) in [4.78, 5) is 12.6. The van der Waals surface area contributed by atoms with Crippen molar-refractivity contribution >= 4 is 32.4 Å². The van der Waals surface area contributed by atoms with Crippen LogP contribution in [-0.2, 0) is 14.8 Å². The number of ether oxygens (including phenoxy) is 1. The molecular formula is C23H26N2O4S. The first-order valence-corrected chi connectivity index (χ1v) is 11.6. The van der Waals surface area contributed by atoms with Gasteiger partial charge in [-0.15, -0.1) is 0 Å². The molecule has 6 nitrogen and oxygen atoms in total. The minimum Gasteiger partial charge on any atom is -0.492 e. The quantitative estimate of drug-likeness (QED) is 0.560. The van der Waals surface area contributed by atoms with Crippen LogP contribution in [0.3, 0.4) is 0 Å². The number of nitrogens with zero attached hydrogens (tertiary/aromatic N) is 1. The van der Waals surface area contributed by atoms with Crippen LogP contribution >= 0.6 is 0 Å². The number of anilines is 1. The number of aryl methyl sites for hydroxylation is 1. The molecule has 1 atom stereocenters. The third kappa shape index (κ3) is 5.30. The summed E-state index contributed by atoms with van der Waals surface area (Å²) in [6.07, 6.45) is 1.10. The van der Waals surface area contributed by atoms with Crippen molar-refractivity contribution in [1.29, 1.82) is 0 Å². The van der Waals surface area contributed by atoms with Crippen LogP contribution in [0.4, 0.5) is 5.69 Å². The molecule has 1 unspecified atom stereocenters. The minimum atomic E-state index is -3.63. The molecule has 0 saturated carbocycles. The summed E-state index contributed by atoms with van der Waals surface area (Å²) < 4.78 is 31.5. The summed E-state index contributed by atoms with van der Waals surface area (Å²) in [6.45, 7) is 4.03. The van der Waals surface area contributed by atoms with Gasteiger partial charge in [0.2, 0.25) is 15.9 Å². The normalized spacial score (nSPS) is 12.4. The van der Waals surface area contributed by atoms with Gasteiger partial charge in [-0.2, -0.15) is 0 Å². The van der Waals surface area contributed by atoms with Crippen molar-refractivity contribution in [1.82, 2.24) is 5.32 Å². The van der Waals surface area contributed by atoms with Crippen molar-refractivity contribution in [3.8, 4) is 5.75 Å². The molecule has 1 N–H and O–H groups in total. The predicted octanol–water partition coefficient (Wildman–Crippen LogP) is 3.50. The van der Waals surface area contributed by atoms with Crippen molar-refractivity contribution in [2.45, 2.75) is 19.9 Å². The Hall–Kier alpha value is -3.06. The van der Waals surface area contributed by atoms with Crippen LogP contribution in [-0.4, -0.2) is 39.8 Å². The van der Waals surface area contributed by atoms with Gasteiger partial charge in [-0.3, -0.25) is 9.10 Å². The zero-order valence-electron chi connectivity index (χ0n) is 17.3. The number of hydrogen-bond acceptors (Lipinski definition) is 4. The molecule has 0 saturated heterocycles. The maximum absolute atomic E-state index is 12.6. The topological polar surface area (TPSA) is 75.7 Å². The second kappa shape index (κ2) is 9.17. The van der Waals surface area contributed by atoms with E-state index in [1.165, 1.54) is 0 Å². The lowest BCUT2D eigenvalue weighted by atomic mass is 10.1. The van der Waals surface area contributed by atoms with Crippen molar-refractivity contribution in [2.75, 3.05) is 23.7 Å². The zero-order valence-corrected chi connectivity index (χ0v) is 18.1. The lowest BCUT2D eigenvalue weighted by molar-refractivity contribution is -0.121. The van der Waals surface area contributed by atoms with E-state index in [1.54, 1.807) is 19.1 Å². The van der Waals surface area contributed by atoms with Gasteiger partial charge in [-0.1, -0.05) is 48.0 Å². The van der Waals surface area contributed by atoms with Crippen molar-refractivity contribution in [2.24, 2.45) is 0 Å². The molecule has 0 aliphatic rings. The van der Waals surface area contributed by atoms with Gasteiger partial charge in [0.05, 0.1) is 18.5 Å². The number of amides is 1. The van der Waals surface area contributed by atoms with E-state index in [-0.39, 0.29) is 19.1 Å². The van der Waals surface area contributed by atoms with Crippen LogP contribution in [0.15, 0.2) is 66.7 Å². The van der Waals surface area contributed by atoms with Gasteiger partial charge in [-0.25, -0.2) is 8.42 Å². The lowest BCUT2D eigenvalue weighted by Crippen LogP contribution is -2.48. The maximum Gasteiger partial charge on any atom is 0.243 e. The summed E-state index contributed by atoms with van der Waals surface area (Å²) >= 11 is 0. The molecule has 0 radical (unpaired) electrons. The Bertz CT molecular complexity index is 1130. The number of carbonyl (C=O) groups excluding carboxylic acids is 1. The molecule has 0 fully saturated rings. The highest BCUT2D eigenvalue weighted by atomic mass is 32.2. The van der Waals surface area contributed by atoms with Crippen LogP contribution in [0, 0.1) is 6.92 Å². The summed E-state index contributed by atoms with van der Waals surface area (Å²) in [5.41, 5.74) is 1.47. The van der Waals surface area contributed by atoms with Crippen LogP contribution < -0.4 is 14.4 Å². The number of benzene rings is 3. The van der Waals surface area contributed by atoms with Crippen molar-refractivity contribution < 1.29 is 17.9 Å². The van der Waals surface area contributed by atoms with Gasteiger partial charge in [0, 0.05) is 0 Å². The van der Waals surface area contributed by atoms with E-state index in [4.69, 9.17) is 4.74 Å². The van der Waals surface area contributed by atoms with E-state index in [0.717, 1.165) is 26.9 Å². The third-order valence-corrected chi connectivity index (χ3v) is 6.01. The van der Waals surface area contributed by atoms with Crippen LogP contribution in [0.5, 0.6) is 5.75 Å². The molecule has 3 aromatic rings. The molecule has 7 heteroatoms. The molecule has 3 rings (SSSR count). The molecule has 0 aromatic heterocycles. The Kier molecular flexibility index (Phi) is 6.62. The summed E-state index contributed by atoms with van der Waals surface area (Å²) in [6, 6.07) is 19.9. The standard InChI is InChI=1S/C23H26N2O4S/c1-17-8-11-21(12-9-17)25(30(3,27)28)18(2)23(26)24-14-15-29-22-13-10-19-6-4-5-7-20(19)16-22/h4-13,16,18H,14-15H2,1-3H3,(H,24,26). The Morgan fingerprint density at radius 3 is 2.37 bits per heavy atom. The largest absolute Gasteiger partial charge is 0.492 e. The number of sulfonamides is 1. The zero-order chi connectivity index (χ0) is 21.7.